The van der Waals surface area contributed by atoms with Crippen molar-refractivity contribution in [1.82, 2.24) is 10.2 Å². The van der Waals surface area contributed by atoms with Crippen molar-refractivity contribution in [2.45, 2.75) is 59.6 Å². The molecule has 1 unspecified atom stereocenters. The second-order valence-corrected chi connectivity index (χ2v) is 9.37. The van der Waals surface area contributed by atoms with Crippen molar-refractivity contribution in [3.8, 4) is 12.3 Å². The van der Waals surface area contributed by atoms with E-state index in [-0.39, 0.29) is 12.5 Å². The summed E-state index contributed by atoms with van der Waals surface area (Å²) in [4.78, 5) is 40.5. The molecule has 2 rings (SSSR count). The number of aryl methyl sites for hydroxylation is 2. The van der Waals surface area contributed by atoms with Crippen LogP contribution >= 0.6 is 0 Å². The van der Waals surface area contributed by atoms with E-state index in [0.717, 1.165) is 11.1 Å². The summed E-state index contributed by atoms with van der Waals surface area (Å²) >= 11 is 0. The average molecular weight is 478 g/mol. The minimum Gasteiger partial charge on any atom is -0.444 e. The van der Waals surface area contributed by atoms with Crippen molar-refractivity contribution in [3.63, 3.8) is 0 Å². The summed E-state index contributed by atoms with van der Waals surface area (Å²) in [6, 6.07) is 11.8. The van der Waals surface area contributed by atoms with Crippen LogP contribution in [0.2, 0.25) is 0 Å². The first kappa shape index (κ1) is 27.5. The Hall–Kier alpha value is -3.79. The van der Waals surface area contributed by atoms with Gasteiger partial charge in [0.25, 0.3) is 5.91 Å². The molecule has 7 heteroatoms. The number of amides is 3. The Morgan fingerprint density at radius 3 is 2.17 bits per heavy atom. The molecule has 0 fully saturated rings. The van der Waals surface area contributed by atoms with Gasteiger partial charge in [-0.05, 0) is 69.9 Å². The van der Waals surface area contributed by atoms with Gasteiger partial charge in [0.05, 0.1) is 0 Å². The molecule has 0 saturated carbocycles. The molecule has 0 aliphatic heterocycles. The van der Waals surface area contributed by atoms with Crippen LogP contribution in [0.4, 0.5) is 10.5 Å². The Balaban J connectivity index is 2.39. The Bertz CT molecular complexity index is 1070. The number of hydrogen-bond donors (Lipinski definition) is 2. The standard InChI is InChI=1S/C28H35N3O4/c1-8-17-31(23(32)18-29-27(34)35-28(5,6)7)25(22-15-13-21(9-2)14-16-22)26(33)30-24-19(3)11-10-12-20(24)4/h2,10-16,25H,8,17-18H2,1,3-7H3,(H,29,34)(H,30,33). The fourth-order valence-electron chi connectivity index (χ4n) is 3.64. The summed E-state index contributed by atoms with van der Waals surface area (Å²) in [5.74, 6) is 1.81. The molecule has 0 saturated heterocycles. The van der Waals surface area contributed by atoms with Gasteiger partial charge in [-0.3, -0.25) is 9.59 Å². The smallest absolute Gasteiger partial charge is 0.408 e. The maximum Gasteiger partial charge on any atom is 0.408 e. The lowest BCUT2D eigenvalue weighted by Gasteiger charge is -2.32. The van der Waals surface area contributed by atoms with Crippen LogP contribution in [0, 0.1) is 26.2 Å². The first-order valence-corrected chi connectivity index (χ1v) is 11.7. The Labute approximate surface area is 208 Å². The van der Waals surface area contributed by atoms with Crippen molar-refractivity contribution in [3.05, 3.63) is 64.7 Å². The van der Waals surface area contributed by atoms with Crippen LogP contribution in [-0.2, 0) is 14.3 Å². The fraction of sp³-hybridized carbons (Fsp3) is 0.393. The van der Waals surface area contributed by atoms with E-state index in [9.17, 15) is 14.4 Å². The summed E-state index contributed by atoms with van der Waals surface area (Å²) < 4.78 is 5.23. The molecule has 186 valence electrons. The molecule has 2 aromatic carbocycles. The number of ether oxygens (including phenoxy) is 1. The molecule has 1 atom stereocenters. The number of para-hydroxylation sites is 1. The lowest BCUT2D eigenvalue weighted by atomic mass is 10.0. The number of nitrogens with one attached hydrogen (secondary N) is 2. The number of nitrogens with zero attached hydrogens (tertiary/aromatic N) is 1. The van der Waals surface area contributed by atoms with Crippen LogP contribution in [0.15, 0.2) is 42.5 Å². The summed E-state index contributed by atoms with van der Waals surface area (Å²) in [5.41, 5.74) is 3.13. The van der Waals surface area contributed by atoms with Crippen LogP contribution in [-0.4, -0.2) is 41.5 Å². The minimum absolute atomic E-state index is 0.301. The number of anilines is 1. The van der Waals surface area contributed by atoms with Crippen LogP contribution in [0.3, 0.4) is 0 Å². The van der Waals surface area contributed by atoms with E-state index in [1.807, 2.05) is 39.0 Å². The van der Waals surface area contributed by atoms with E-state index in [4.69, 9.17) is 11.2 Å². The zero-order valence-electron chi connectivity index (χ0n) is 21.4. The van der Waals surface area contributed by atoms with Crippen molar-refractivity contribution >= 4 is 23.6 Å². The first-order valence-electron chi connectivity index (χ1n) is 11.7. The van der Waals surface area contributed by atoms with Gasteiger partial charge < -0.3 is 20.3 Å². The van der Waals surface area contributed by atoms with Crippen molar-refractivity contribution in [2.24, 2.45) is 0 Å². The second kappa shape index (κ2) is 12.1. The SMILES string of the molecule is C#Cc1ccc(C(C(=O)Nc2c(C)cccc2C)N(CCC)C(=O)CNC(=O)OC(C)(C)C)cc1. The van der Waals surface area contributed by atoms with Crippen LogP contribution in [0.25, 0.3) is 0 Å². The Morgan fingerprint density at radius 2 is 1.66 bits per heavy atom. The van der Waals surface area contributed by atoms with Crippen LogP contribution < -0.4 is 10.6 Å². The first-order chi connectivity index (χ1) is 16.5. The Morgan fingerprint density at radius 1 is 1.06 bits per heavy atom. The van der Waals surface area contributed by atoms with Gasteiger partial charge >= 0.3 is 6.09 Å². The van der Waals surface area contributed by atoms with Gasteiger partial charge in [-0.2, -0.15) is 0 Å². The van der Waals surface area contributed by atoms with Crippen molar-refractivity contribution in [1.29, 1.82) is 0 Å². The molecule has 3 amide bonds. The molecule has 0 radical (unpaired) electrons. The maximum atomic E-state index is 13.7. The highest BCUT2D eigenvalue weighted by molar-refractivity contribution is 5.99. The number of terminal acetylenes is 1. The third-order valence-corrected chi connectivity index (χ3v) is 5.25. The quantitative estimate of drug-likeness (QED) is 0.538. The topological polar surface area (TPSA) is 87.7 Å². The van der Waals surface area contributed by atoms with Gasteiger partial charge in [-0.1, -0.05) is 43.2 Å². The predicted octanol–water partition coefficient (Wildman–Crippen LogP) is 4.73. The van der Waals surface area contributed by atoms with Crippen LogP contribution in [0.1, 0.15) is 62.4 Å². The second-order valence-electron chi connectivity index (χ2n) is 9.37. The summed E-state index contributed by atoms with van der Waals surface area (Å²) in [6.07, 6.45) is 5.41. The predicted molar refractivity (Wildman–Crippen MR) is 138 cm³/mol. The highest BCUT2D eigenvalue weighted by atomic mass is 16.6. The molecule has 0 heterocycles. The highest BCUT2D eigenvalue weighted by Gasteiger charge is 2.32. The van der Waals surface area contributed by atoms with E-state index >= 15 is 0 Å². The highest BCUT2D eigenvalue weighted by Crippen LogP contribution is 2.27. The number of rotatable bonds is 8. The van der Waals surface area contributed by atoms with E-state index < -0.39 is 23.6 Å². The molecule has 35 heavy (non-hydrogen) atoms. The van der Waals surface area contributed by atoms with Gasteiger partial charge in [-0.25, -0.2) is 4.79 Å². The van der Waals surface area contributed by atoms with Gasteiger partial charge in [0.2, 0.25) is 5.91 Å². The largest absolute Gasteiger partial charge is 0.444 e. The Kier molecular flexibility index (Phi) is 9.47. The molecule has 0 aliphatic rings. The number of benzene rings is 2. The van der Waals surface area contributed by atoms with Crippen molar-refractivity contribution in [2.75, 3.05) is 18.4 Å². The molecule has 2 aromatic rings. The van der Waals surface area contributed by atoms with E-state index in [0.29, 0.717) is 29.8 Å². The molecule has 0 spiro atoms. The summed E-state index contributed by atoms with van der Waals surface area (Å²) in [6.45, 7) is 11.0. The molecular formula is C28H35N3O4. The van der Waals surface area contributed by atoms with Gasteiger partial charge in [0.15, 0.2) is 0 Å². The van der Waals surface area contributed by atoms with E-state index in [1.54, 1.807) is 45.0 Å². The van der Waals surface area contributed by atoms with E-state index in [1.165, 1.54) is 4.90 Å². The third kappa shape index (κ3) is 7.89. The number of hydrogen-bond acceptors (Lipinski definition) is 4. The zero-order chi connectivity index (χ0) is 26.2. The number of carbonyl (C=O) groups is 3. The van der Waals surface area contributed by atoms with Crippen molar-refractivity contribution < 1.29 is 19.1 Å². The summed E-state index contributed by atoms with van der Waals surface area (Å²) in [7, 11) is 0. The minimum atomic E-state index is -0.922. The lowest BCUT2D eigenvalue weighted by molar-refractivity contribution is -0.138. The zero-order valence-corrected chi connectivity index (χ0v) is 21.4. The molecule has 2 N–H and O–H groups in total. The lowest BCUT2D eigenvalue weighted by Crippen LogP contribution is -2.46. The monoisotopic (exact) mass is 477 g/mol. The summed E-state index contributed by atoms with van der Waals surface area (Å²) in [5, 5.41) is 5.51. The molecule has 0 aromatic heterocycles. The average Bonchev–Trinajstić information content (AvgIpc) is 2.79. The molecule has 7 nitrogen and oxygen atoms in total. The molecule has 0 bridgehead atoms. The van der Waals surface area contributed by atoms with Crippen LogP contribution in [0.5, 0.6) is 0 Å². The molecule has 0 aliphatic carbocycles. The normalized spacial score (nSPS) is 11.7. The van der Waals surface area contributed by atoms with E-state index in [2.05, 4.69) is 16.6 Å². The third-order valence-electron chi connectivity index (χ3n) is 5.25. The number of alkyl carbamates (subject to hydrolysis) is 1. The molecular weight excluding hydrogens is 442 g/mol. The number of carbonyl (C=O) groups excluding carboxylic acids is 3. The van der Waals surface area contributed by atoms with Gasteiger partial charge in [0.1, 0.15) is 18.2 Å². The maximum absolute atomic E-state index is 13.7. The fourth-order valence-corrected chi connectivity index (χ4v) is 3.64. The van der Waals surface area contributed by atoms with Gasteiger partial charge in [-0.15, -0.1) is 6.42 Å². The van der Waals surface area contributed by atoms with Gasteiger partial charge in [0, 0.05) is 17.8 Å².